The zero-order valence-corrected chi connectivity index (χ0v) is 16.6. The number of hydrogen-bond donors (Lipinski definition) is 2. The normalized spacial score (nSPS) is 11.8. The lowest BCUT2D eigenvalue weighted by molar-refractivity contribution is -0.122. The Morgan fingerprint density at radius 3 is 2.57 bits per heavy atom. The van der Waals surface area contributed by atoms with E-state index in [1.165, 1.54) is 0 Å². The SMILES string of the molecule is CCCNC(=O)[C@@H](C)NC(=O)c1cc(-c2ccccc2Cl)nc2ccccc12. The van der Waals surface area contributed by atoms with Crippen LogP contribution in [0.25, 0.3) is 22.2 Å². The van der Waals surface area contributed by atoms with Crippen molar-refractivity contribution in [3.63, 3.8) is 0 Å². The molecular formula is C22H22ClN3O2. The molecule has 5 nitrogen and oxygen atoms in total. The summed E-state index contributed by atoms with van der Waals surface area (Å²) in [6.45, 7) is 4.22. The minimum atomic E-state index is -0.644. The maximum atomic E-state index is 13.0. The molecule has 1 heterocycles. The summed E-state index contributed by atoms with van der Waals surface area (Å²) < 4.78 is 0. The molecule has 1 atom stereocenters. The van der Waals surface area contributed by atoms with E-state index in [4.69, 9.17) is 11.6 Å². The molecular weight excluding hydrogens is 374 g/mol. The monoisotopic (exact) mass is 395 g/mol. The topological polar surface area (TPSA) is 71.1 Å². The number of carbonyl (C=O) groups is 2. The van der Waals surface area contributed by atoms with Gasteiger partial charge < -0.3 is 10.6 Å². The van der Waals surface area contributed by atoms with Gasteiger partial charge in [0.1, 0.15) is 6.04 Å². The number of para-hydroxylation sites is 1. The fourth-order valence-corrected chi connectivity index (χ4v) is 3.14. The summed E-state index contributed by atoms with van der Waals surface area (Å²) in [5, 5.41) is 6.84. The van der Waals surface area contributed by atoms with Gasteiger partial charge >= 0.3 is 0 Å². The minimum Gasteiger partial charge on any atom is -0.354 e. The number of nitrogens with zero attached hydrogens (tertiary/aromatic N) is 1. The highest BCUT2D eigenvalue weighted by Crippen LogP contribution is 2.29. The molecule has 1 aromatic heterocycles. The first-order valence-electron chi connectivity index (χ1n) is 9.24. The van der Waals surface area contributed by atoms with Gasteiger partial charge in [-0.1, -0.05) is 54.9 Å². The Kier molecular flexibility index (Phi) is 6.26. The quantitative estimate of drug-likeness (QED) is 0.657. The number of amides is 2. The zero-order chi connectivity index (χ0) is 20.1. The Hall–Kier alpha value is -2.92. The molecule has 0 aliphatic heterocycles. The van der Waals surface area contributed by atoms with E-state index in [0.29, 0.717) is 28.3 Å². The van der Waals surface area contributed by atoms with Crippen molar-refractivity contribution in [1.29, 1.82) is 0 Å². The smallest absolute Gasteiger partial charge is 0.252 e. The van der Waals surface area contributed by atoms with E-state index in [2.05, 4.69) is 15.6 Å². The highest BCUT2D eigenvalue weighted by atomic mass is 35.5. The fraction of sp³-hybridized carbons (Fsp3) is 0.227. The van der Waals surface area contributed by atoms with Crippen LogP contribution in [0, 0.1) is 0 Å². The Morgan fingerprint density at radius 1 is 1.11 bits per heavy atom. The lowest BCUT2D eigenvalue weighted by Crippen LogP contribution is -2.45. The van der Waals surface area contributed by atoms with Crippen LogP contribution in [-0.4, -0.2) is 29.4 Å². The molecule has 144 valence electrons. The molecule has 3 aromatic rings. The van der Waals surface area contributed by atoms with Crippen molar-refractivity contribution in [2.45, 2.75) is 26.3 Å². The van der Waals surface area contributed by atoms with Gasteiger partial charge in [-0.25, -0.2) is 4.98 Å². The number of carbonyl (C=O) groups excluding carboxylic acids is 2. The molecule has 0 aliphatic rings. The Balaban J connectivity index is 1.99. The largest absolute Gasteiger partial charge is 0.354 e. The second-order valence-corrected chi connectivity index (χ2v) is 6.95. The number of pyridine rings is 1. The van der Waals surface area contributed by atoms with E-state index >= 15 is 0 Å². The first-order chi connectivity index (χ1) is 13.5. The molecule has 2 aromatic carbocycles. The van der Waals surface area contributed by atoms with Crippen LogP contribution in [-0.2, 0) is 4.79 Å². The molecule has 3 rings (SSSR count). The van der Waals surface area contributed by atoms with Crippen LogP contribution in [0.5, 0.6) is 0 Å². The van der Waals surface area contributed by atoms with Gasteiger partial charge in [-0.15, -0.1) is 0 Å². The summed E-state index contributed by atoms with van der Waals surface area (Å²) >= 11 is 6.32. The van der Waals surface area contributed by atoms with Gasteiger partial charge in [0.25, 0.3) is 5.91 Å². The number of benzene rings is 2. The van der Waals surface area contributed by atoms with E-state index in [1.807, 2.05) is 49.4 Å². The molecule has 0 spiro atoms. The highest BCUT2D eigenvalue weighted by molar-refractivity contribution is 6.33. The number of halogens is 1. The van der Waals surface area contributed by atoms with Crippen molar-refractivity contribution in [3.05, 3.63) is 65.2 Å². The third-order valence-corrected chi connectivity index (χ3v) is 4.73. The van der Waals surface area contributed by atoms with Crippen molar-refractivity contribution in [2.24, 2.45) is 0 Å². The fourth-order valence-electron chi connectivity index (χ4n) is 2.91. The predicted octanol–water partition coefficient (Wildman–Crippen LogP) is 4.20. The van der Waals surface area contributed by atoms with Crippen molar-refractivity contribution in [1.82, 2.24) is 15.6 Å². The number of hydrogen-bond acceptors (Lipinski definition) is 3. The van der Waals surface area contributed by atoms with E-state index < -0.39 is 6.04 Å². The number of fused-ring (bicyclic) bond motifs is 1. The van der Waals surface area contributed by atoms with Gasteiger partial charge in [-0.05, 0) is 31.5 Å². The van der Waals surface area contributed by atoms with Gasteiger partial charge in [0.2, 0.25) is 5.91 Å². The second-order valence-electron chi connectivity index (χ2n) is 6.54. The molecule has 6 heteroatoms. The van der Waals surface area contributed by atoms with Crippen LogP contribution in [0.2, 0.25) is 5.02 Å². The van der Waals surface area contributed by atoms with Crippen molar-refractivity contribution < 1.29 is 9.59 Å². The van der Waals surface area contributed by atoms with Crippen molar-refractivity contribution >= 4 is 34.3 Å². The average Bonchev–Trinajstić information content (AvgIpc) is 2.71. The average molecular weight is 396 g/mol. The van der Waals surface area contributed by atoms with Gasteiger partial charge in [0.05, 0.1) is 16.8 Å². The summed E-state index contributed by atoms with van der Waals surface area (Å²) in [4.78, 5) is 29.7. The number of rotatable bonds is 6. The standard InChI is InChI=1S/C22H22ClN3O2/c1-3-12-24-21(27)14(2)25-22(28)17-13-20(16-9-4-6-10-18(16)23)26-19-11-7-5-8-15(17)19/h4-11,13-14H,3,12H2,1-2H3,(H,24,27)(H,25,28)/t14-/m1/s1. The third-order valence-electron chi connectivity index (χ3n) is 4.40. The lowest BCUT2D eigenvalue weighted by Gasteiger charge is -2.15. The summed E-state index contributed by atoms with van der Waals surface area (Å²) in [7, 11) is 0. The van der Waals surface area contributed by atoms with Crippen molar-refractivity contribution in [3.8, 4) is 11.3 Å². The summed E-state index contributed by atoms with van der Waals surface area (Å²) in [6, 6.07) is 15.9. The summed E-state index contributed by atoms with van der Waals surface area (Å²) in [6.07, 6.45) is 0.836. The van der Waals surface area contributed by atoms with Crippen LogP contribution in [0.4, 0.5) is 0 Å². The molecule has 0 saturated heterocycles. The van der Waals surface area contributed by atoms with E-state index in [-0.39, 0.29) is 11.8 Å². The highest BCUT2D eigenvalue weighted by Gasteiger charge is 2.19. The molecule has 2 amide bonds. The van der Waals surface area contributed by atoms with Crippen LogP contribution in [0.1, 0.15) is 30.6 Å². The van der Waals surface area contributed by atoms with E-state index in [9.17, 15) is 9.59 Å². The molecule has 0 saturated carbocycles. The molecule has 0 bridgehead atoms. The van der Waals surface area contributed by atoms with Gasteiger partial charge in [-0.3, -0.25) is 9.59 Å². The maximum Gasteiger partial charge on any atom is 0.252 e. The minimum absolute atomic E-state index is 0.208. The van der Waals surface area contributed by atoms with Gasteiger partial charge in [0.15, 0.2) is 0 Å². The zero-order valence-electron chi connectivity index (χ0n) is 15.8. The third kappa shape index (κ3) is 4.31. The molecule has 0 fully saturated rings. The number of nitrogens with one attached hydrogen (secondary N) is 2. The van der Waals surface area contributed by atoms with Crippen LogP contribution < -0.4 is 10.6 Å². The Morgan fingerprint density at radius 2 is 1.82 bits per heavy atom. The molecule has 28 heavy (non-hydrogen) atoms. The summed E-state index contributed by atoms with van der Waals surface area (Å²) in [5.41, 5.74) is 2.50. The first kappa shape index (κ1) is 19.8. The Labute approximate surface area is 169 Å². The second kappa shape index (κ2) is 8.85. The summed E-state index contributed by atoms with van der Waals surface area (Å²) in [5.74, 6) is -0.536. The molecule has 0 aliphatic carbocycles. The van der Waals surface area contributed by atoms with Gasteiger partial charge in [-0.2, -0.15) is 0 Å². The van der Waals surface area contributed by atoms with Crippen LogP contribution in [0.3, 0.4) is 0 Å². The van der Waals surface area contributed by atoms with E-state index in [0.717, 1.165) is 17.4 Å². The number of aromatic nitrogens is 1. The lowest BCUT2D eigenvalue weighted by atomic mass is 10.0. The molecule has 0 unspecified atom stereocenters. The van der Waals surface area contributed by atoms with Crippen LogP contribution in [0.15, 0.2) is 54.6 Å². The van der Waals surface area contributed by atoms with Crippen LogP contribution >= 0.6 is 11.6 Å². The molecule has 2 N–H and O–H groups in total. The Bertz CT molecular complexity index is 1020. The molecule has 0 radical (unpaired) electrons. The van der Waals surface area contributed by atoms with Gasteiger partial charge in [0, 0.05) is 22.5 Å². The maximum absolute atomic E-state index is 13.0. The predicted molar refractivity (Wildman–Crippen MR) is 112 cm³/mol. The first-order valence-corrected chi connectivity index (χ1v) is 9.62. The van der Waals surface area contributed by atoms with Crippen molar-refractivity contribution in [2.75, 3.05) is 6.54 Å². The van der Waals surface area contributed by atoms with E-state index in [1.54, 1.807) is 19.1 Å².